The number of nitrogens with one attached hydrogen (secondary N) is 1. The van der Waals surface area contributed by atoms with Gasteiger partial charge in [-0.1, -0.05) is 61.3 Å². The van der Waals surface area contributed by atoms with Gasteiger partial charge in [0.05, 0.1) is 11.8 Å². The smallest absolute Gasteiger partial charge is 0.230 e. The molecule has 0 aliphatic heterocycles. The van der Waals surface area contributed by atoms with E-state index in [1.165, 1.54) is 11.8 Å². The molecule has 1 atom stereocenters. The Labute approximate surface area is 193 Å². The molecule has 0 aliphatic rings. The molecule has 9 heteroatoms. The Morgan fingerprint density at radius 2 is 2.03 bits per heavy atom. The van der Waals surface area contributed by atoms with Gasteiger partial charge in [-0.2, -0.15) is 0 Å². The van der Waals surface area contributed by atoms with Gasteiger partial charge in [0.25, 0.3) is 0 Å². The number of aromatic nitrogens is 3. The third-order valence-corrected chi connectivity index (χ3v) is 6.41. The molecule has 0 spiro atoms. The molecule has 1 unspecified atom stereocenters. The van der Waals surface area contributed by atoms with Crippen molar-refractivity contribution in [2.24, 2.45) is 0 Å². The van der Waals surface area contributed by atoms with Crippen molar-refractivity contribution in [3.05, 3.63) is 39.6 Å². The van der Waals surface area contributed by atoms with Crippen LogP contribution in [0, 0.1) is 0 Å². The molecular formula is C21H31Cl2N5OS. The van der Waals surface area contributed by atoms with Gasteiger partial charge in [0, 0.05) is 23.1 Å². The Morgan fingerprint density at radius 3 is 2.67 bits per heavy atom. The Hall–Kier alpha value is -1.28. The minimum Gasteiger partial charge on any atom is -0.355 e. The molecule has 1 N–H and O–H groups in total. The summed E-state index contributed by atoms with van der Waals surface area (Å²) < 4.78 is 2.17. The highest BCUT2D eigenvalue weighted by atomic mass is 35.5. The van der Waals surface area contributed by atoms with Gasteiger partial charge in [-0.3, -0.25) is 9.69 Å². The summed E-state index contributed by atoms with van der Waals surface area (Å²) in [6.07, 6.45) is 3.75. The second-order valence-corrected chi connectivity index (χ2v) is 9.14. The third kappa shape index (κ3) is 7.15. The summed E-state index contributed by atoms with van der Waals surface area (Å²) in [5.74, 6) is 1.24. The van der Waals surface area contributed by atoms with E-state index in [2.05, 4.69) is 52.9 Å². The summed E-state index contributed by atoms with van der Waals surface area (Å²) >= 11 is 13.5. The van der Waals surface area contributed by atoms with Crippen molar-refractivity contribution in [1.82, 2.24) is 25.0 Å². The van der Waals surface area contributed by atoms with Gasteiger partial charge in [-0.15, -0.1) is 10.2 Å². The number of unbranched alkanes of at least 4 members (excludes halogenated alkanes) is 1. The molecule has 1 amide bonds. The predicted octanol–water partition coefficient (Wildman–Crippen LogP) is 4.85. The molecule has 1 aromatic carbocycles. The van der Waals surface area contributed by atoms with Gasteiger partial charge in [-0.25, -0.2) is 0 Å². The molecular weight excluding hydrogens is 441 g/mol. The molecule has 0 saturated heterocycles. The fraction of sp³-hybridized carbons (Fsp3) is 0.571. The Kier molecular flexibility index (Phi) is 10.4. The van der Waals surface area contributed by atoms with E-state index < -0.39 is 0 Å². The van der Waals surface area contributed by atoms with E-state index in [0.717, 1.165) is 42.4 Å². The van der Waals surface area contributed by atoms with Crippen LogP contribution < -0.4 is 5.32 Å². The maximum absolute atomic E-state index is 12.3. The van der Waals surface area contributed by atoms with Crippen LogP contribution >= 0.6 is 35.0 Å². The van der Waals surface area contributed by atoms with Gasteiger partial charge in [0.15, 0.2) is 11.0 Å². The van der Waals surface area contributed by atoms with Gasteiger partial charge < -0.3 is 9.88 Å². The number of rotatable bonds is 12. The molecule has 6 nitrogen and oxygen atoms in total. The van der Waals surface area contributed by atoms with Crippen molar-refractivity contribution in [3.8, 4) is 0 Å². The van der Waals surface area contributed by atoms with Crippen LogP contribution in [0.2, 0.25) is 10.0 Å². The lowest BCUT2D eigenvalue weighted by Gasteiger charge is -2.23. The number of thioether (sulfide) groups is 1. The van der Waals surface area contributed by atoms with Crippen LogP contribution in [-0.4, -0.2) is 52.0 Å². The second-order valence-electron chi connectivity index (χ2n) is 7.36. The number of carbonyl (C=O) groups is 1. The first-order chi connectivity index (χ1) is 14.4. The third-order valence-electron chi connectivity index (χ3n) is 4.85. The lowest BCUT2D eigenvalue weighted by atomic mass is 10.1. The number of nitrogens with zero attached hydrogens (tertiary/aromatic N) is 4. The quantitative estimate of drug-likeness (QED) is 0.448. The van der Waals surface area contributed by atoms with Crippen LogP contribution in [0.25, 0.3) is 0 Å². The average Bonchev–Trinajstić information content (AvgIpc) is 3.09. The number of amides is 1. The first-order valence-electron chi connectivity index (χ1n) is 10.3. The van der Waals surface area contributed by atoms with Crippen molar-refractivity contribution in [3.63, 3.8) is 0 Å². The minimum atomic E-state index is -0.0312. The summed E-state index contributed by atoms with van der Waals surface area (Å²) in [6, 6.07) is 5.62. The zero-order valence-electron chi connectivity index (χ0n) is 18.1. The van der Waals surface area contributed by atoms with Crippen molar-refractivity contribution in [2.45, 2.75) is 57.3 Å². The number of hydrogen-bond acceptors (Lipinski definition) is 5. The maximum Gasteiger partial charge on any atom is 0.230 e. The van der Waals surface area contributed by atoms with Crippen molar-refractivity contribution >= 4 is 40.9 Å². The topological polar surface area (TPSA) is 63.1 Å². The summed E-state index contributed by atoms with van der Waals surface area (Å²) in [7, 11) is 4.11. The molecule has 0 aliphatic carbocycles. The first kappa shape index (κ1) is 25.0. The van der Waals surface area contributed by atoms with Crippen LogP contribution in [0.4, 0.5) is 0 Å². The van der Waals surface area contributed by atoms with Crippen molar-refractivity contribution in [2.75, 3.05) is 26.4 Å². The van der Waals surface area contributed by atoms with Gasteiger partial charge in [0.2, 0.25) is 5.91 Å². The molecule has 166 valence electrons. The van der Waals surface area contributed by atoms with Gasteiger partial charge in [0.1, 0.15) is 0 Å². The second kappa shape index (κ2) is 12.5. The minimum absolute atomic E-state index is 0.0312. The summed E-state index contributed by atoms with van der Waals surface area (Å²) in [4.78, 5) is 14.5. The lowest BCUT2D eigenvalue weighted by Crippen LogP contribution is -2.27. The van der Waals surface area contributed by atoms with Crippen LogP contribution in [0.3, 0.4) is 0 Å². The fourth-order valence-corrected chi connectivity index (χ4v) is 4.50. The van der Waals surface area contributed by atoms with E-state index in [1.54, 1.807) is 12.1 Å². The van der Waals surface area contributed by atoms with Gasteiger partial charge in [-0.05, 0) is 51.1 Å². The van der Waals surface area contributed by atoms with E-state index in [1.807, 2.05) is 6.07 Å². The van der Waals surface area contributed by atoms with Crippen LogP contribution in [0.15, 0.2) is 23.4 Å². The van der Waals surface area contributed by atoms with E-state index in [9.17, 15) is 4.79 Å². The summed E-state index contributed by atoms with van der Waals surface area (Å²) in [5.41, 5.74) is 0.965. The fourth-order valence-electron chi connectivity index (χ4n) is 3.20. The zero-order chi connectivity index (χ0) is 22.1. The monoisotopic (exact) mass is 471 g/mol. The molecule has 0 bridgehead atoms. The largest absolute Gasteiger partial charge is 0.355 e. The van der Waals surface area contributed by atoms with E-state index >= 15 is 0 Å². The number of hydrogen-bond donors (Lipinski definition) is 1. The predicted molar refractivity (Wildman–Crippen MR) is 126 cm³/mol. The molecule has 1 aromatic heterocycles. The summed E-state index contributed by atoms with van der Waals surface area (Å²) in [6.45, 7) is 5.70. The number of benzene rings is 1. The zero-order valence-corrected chi connectivity index (χ0v) is 20.4. The van der Waals surface area contributed by atoms with Gasteiger partial charge >= 0.3 is 0 Å². The molecule has 2 aromatic rings. The molecule has 30 heavy (non-hydrogen) atoms. The van der Waals surface area contributed by atoms with E-state index in [0.29, 0.717) is 28.8 Å². The van der Waals surface area contributed by atoms with E-state index in [4.69, 9.17) is 23.2 Å². The average molecular weight is 472 g/mol. The van der Waals surface area contributed by atoms with Crippen LogP contribution in [0.5, 0.6) is 0 Å². The number of halogens is 2. The highest BCUT2D eigenvalue weighted by molar-refractivity contribution is 7.99. The van der Waals surface area contributed by atoms with Crippen LogP contribution in [-0.2, 0) is 17.8 Å². The van der Waals surface area contributed by atoms with Crippen molar-refractivity contribution in [1.29, 1.82) is 0 Å². The Balaban J connectivity index is 1.93. The normalized spacial score (nSPS) is 12.4. The molecule has 2 rings (SSSR count). The highest BCUT2D eigenvalue weighted by Crippen LogP contribution is 2.26. The molecule has 0 radical (unpaired) electrons. The number of carbonyl (C=O) groups excluding carboxylic acids is 1. The summed E-state index contributed by atoms with van der Waals surface area (Å²) in [5, 5.41) is 13.8. The first-order valence-corrected chi connectivity index (χ1v) is 12.0. The Morgan fingerprint density at radius 1 is 1.27 bits per heavy atom. The SMILES string of the molecule is CCCCn1c(SCC(=O)NCCc2ccc(Cl)cc2Cl)nnc1C(CC)N(C)C. The molecule has 0 saturated carbocycles. The van der Waals surface area contributed by atoms with Crippen molar-refractivity contribution < 1.29 is 4.79 Å². The molecule has 1 heterocycles. The lowest BCUT2D eigenvalue weighted by molar-refractivity contribution is -0.118. The van der Waals surface area contributed by atoms with E-state index in [-0.39, 0.29) is 11.9 Å². The highest BCUT2D eigenvalue weighted by Gasteiger charge is 2.22. The molecule has 0 fully saturated rings. The maximum atomic E-state index is 12.3. The standard InChI is InChI=1S/C21H31Cl2N5OS/c1-5-7-12-28-20(18(6-2)27(3)4)25-26-21(28)30-14-19(29)24-11-10-15-8-9-16(22)13-17(15)23/h8-9,13,18H,5-7,10-12,14H2,1-4H3,(H,24,29). The van der Waals surface area contributed by atoms with Crippen LogP contribution in [0.1, 0.15) is 50.5 Å². The Bertz CT molecular complexity index is 828.